The maximum atomic E-state index is 11.7. The fraction of sp³-hybridized carbons (Fsp3) is 0.935. The van der Waals surface area contributed by atoms with E-state index in [0.717, 1.165) is 25.7 Å². The monoisotopic (exact) mass is 496 g/mol. The Bertz CT molecular complexity index is 481. The van der Waals surface area contributed by atoms with Gasteiger partial charge >= 0.3 is 11.9 Å². The second-order valence-corrected chi connectivity index (χ2v) is 11.6. The average molecular weight is 497 g/mol. The molecule has 0 aliphatic heterocycles. The van der Waals surface area contributed by atoms with Gasteiger partial charge in [0.15, 0.2) is 0 Å². The fourth-order valence-electron chi connectivity index (χ4n) is 4.65. The van der Waals surface area contributed by atoms with Crippen LogP contribution in [-0.2, 0) is 14.3 Å². The molecule has 1 N–H and O–H groups in total. The lowest BCUT2D eigenvalue weighted by Gasteiger charge is -2.19. The van der Waals surface area contributed by atoms with E-state index in [0.29, 0.717) is 12.8 Å². The van der Waals surface area contributed by atoms with Gasteiger partial charge < -0.3 is 9.84 Å². The van der Waals surface area contributed by atoms with Crippen LogP contribution in [0.4, 0.5) is 0 Å². The molecule has 0 bridgehead atoms. The lowest BCUT2D eigenvalue weighted by Crippen LogP contribution is -2.23. The van der Waals surface area contributed by atoms with Gasteiger partial charge in [0.25, 0.3) is 0 Å². The predicted octanol–water partition coefficient (Wildman–Crippen LogP) is 10.2. The van der Waals surface area contributed by atoms with Crippen molar-refractivity contribution >= 4 is 11.9 Å². The van der Waals surface area contributed by atoms with Crippen LogP contribution in [0.25, 0.3) is 0 Å². The summed E-state index contributed by atoms with van der Waals surface area (Å²) in [5.41, 5.74) is -0.355. The summed E-state index contributed by atoms with van der Waals surface area (Å²) < 4.78 is 5.34. The van der Waals surface area contributed by atoms with Crippen LogP contribution < -0.4 is 0 Å². The summed E-state index contributed by atoms with van der Waals surface area (Å²) in [5, 5.41) is 8.61. The summed E-state index contributed by atoms with van der Waals surface area (Å²) in [4.78, 5) is 22.1. The number of unbranched alkanes of at least 4 members (excludes halogenated alkanes) is 22. The first kappa shape index (κ1) is 33.9. The molecule has 0 rings (SSSR count). The number of aliphatic carboxylic acids is 1. The van der Waals surface area contributed by atoms with Crippen LogP contribution in [0.5, 0.6) is 0 Å². The summed E-state index contributed by atoms with van der Waals surface area (Å²) in [6, 6.07) is 0. The SMILES string of the molecule is CC(C)(C)OC(=O)CCCCCCCCCCCCCCCCCCCCCCCCCC(=O)O. The minimum atomic E-state index is -0.659. The van der Waals surface area contributed by atoms with Gasteiger partial charge in [-0.2, -0.15) is 0 Å². The Labute approximate surface area is 218 Å². The molecule has 0 amide bonds. The number of carbonyl (C=O) groups excluding carboxylic acids is 1. The molecule has 0 aliphatic rings. The second-order valence-electron chi connectivity index (χ2n) is 11.6. The standard InChI is InChI=1S/C31H60O4/c1-31(2,3)35-30(34)28-26-24-22-20-18-16-14-12-10-8-6-4-5-7-9-11-13-15-17-19-21-23-25-27-29(32)33/h4-28H2,1-3H3,(H,32,33). The molecule has 0 saturated heterocycles. The number of carbonyl (C=O) groups is 2. The molecule has 0 saturated carbocycles. The van der Waals surface area contributed by atoms with E-state index in [9.17, 15) is 9.59 Å². The smallest absolute Gasteiger partial charge is 0.306 e. The van der Waals surface area contributed by atoms with Crippen molar-refractivity contribution in [3.63, 3.8) is 0 Å². The first-order chi connectivity index (χ1) is 16.8. The summed E-state index contributed by atoms with van der Waals surface area (Å²) in [6.07, 6.45) is 30.8. The highest BCUT2D eigenvalue weighted by Crippen LogP contribution is 2.16. The highest BCUT2D eigenvalue weighted by molar-refractivity contribution is 5.69. The Morgan fingerprint density at radius 2 is 0.686 bits per heavy atom. The highest BCUT2D eigenvalue weighted by atomic mass is 16.6. The van der Waals surface area contributed by atoms with E-state index in [1.165, 1.54) is 122 Å². The van der Waals surface area contributed by atoms with Gasteiger partial charge in [0.1, 0.15) is 5.60 Å². The zero-order chi connectivity index (χ0) is 26.0. The zero-order valence-electron chi connectivity index (χ0n) is 23.8. The first-order valence-corrected chi connectivity index (χ1v) is 15.2. The van der Waals surface area contributed by atoms with Crippen molar-refractivity contribution in [2.75, 3.05) is 0 Å². The van der Waals surface area contributed by atoms with E-state index in [4.69, 9.17) is 9.84 Å². The lowest BCUT2D eigenvalue weighted by atomic mass is 10.0. The van der Waals surface area contributed by atoms with Crippen LogP contribution in [0.2, 0.25) is 0 Å². The van der Waals surface area contributed by atoms with Crippen LogP contribution >= 0.6 is 0 Å². The van der Waals surface area contributed by atoms with E-state index >= 15 is 0 Å². The largest absolute Gasteiger partial charge is 0.481 e. The number of carboxylic acid groups (broad SMARTS) is 1. The number of hydrogen-bond donors (Lipinski definition) is 1. The van der Waals surface area contributed by atoms with Crippen LogP contribution in [-0.4, -0.2) is 22.6 Å². The van der Waals surface area contributed by atoms with Gasteiger partial charge in [0.05, 0.1) is 0 Å². The third-order valence-electron chi connectivity index (χ3n) is 6.69. The number of esters is 1. The number of hydrogen-bond acceptors (Lipinski definition) is 3. The molecule has 0 aromatic carbocycles. The third kappa shape index (κ3) is 30.9. The Kier molecular flexibility index (Phi) is 23.9. The zero-order valence-corrected chi connectivity index (χ0v) is 23.8. The van der Waals surface area contributed by atoms with Crippen LogP contribution in [0.1, 0.15) is 181 Å². The summed E-state index contributed by atoms with van der Waals surface area (Å²) >= 11 is 0. The molecular weight excluding hydrogens is 436 g/mol. The van der Waals surface area contributed by atoms with Crippen molar-refractivity contribution in [3.05, 3.63) is 0 Å². The van der Waals surface area contributed by atoms with Crippen LogP contribution in [0.15, 0.2) is 0 Å². The van der Waals surface area contributed by atoms with Crippen LogP contribution in [0, 0.1) is 0 Å². The molecule has 208 valence electrons. The maximum Gasteiger partial charge on any atom is 0.306 e. The van der Waals surface area contributed by atoms with Gasteiger partial charge in [-0.3, -0.25) is 9.59 Å². The van der Waals surface area contributed by atoms with Gasteiger partial charge in [0.2, 0.25) is 0 Å². The number of carboxylic acids is 1. The summed E-state index contributed by atoms with van der Waals surface area (Å²) in [7, 11) is 0. The van der Waals surface area contributed by atoms with E-state index in [2.05, 4.69) is 0 Å². The molecule has 0 spiro atoms. The molecule has 0 atom stereocenters. The number of ether oxygens (including phenoxy) is 1. The van der Waals surface area contributed by atoms with E-state index in [1.807, 2.05) is 20.8 Å². The van der Waals surface area contributed by atoms with Gasteiger partial charge in [-0.05, 0) is 33.6 Å². The third-order valence-corrected chi connectivity index (χ3v) is 6.69. The lowest BCUT2D eigenvalue weighted by molar-refractivity contribution is -0.155. The molecule has 4 nitrogen and oxygen atoms in total. The quantitative estimate of drug-likeness (QED) is 0.0955. The maximum absolute atomic E-state index is 11.7. The molecule has 0 fully saturated rings. The fourth-order valence-corrected chi connectivity index (χ4v) is 4.65. The molecule has 35 heavy (non-hydrogen) atoms. The molecule has 0 unspecified atom stereocenters. The molecule has 4 heteroatoms. The first-order valence-electron chi connectivity index (χ1n) is 15.2. The highest BCUT2D eigenvalue weighted by Gasteiger charge is 2.15. The molecule has 0 aromatic rings. The van der Waals surface area contributed by atoms with Crippen molar-refractivity contribution in [1.82, 2.24) is 0 Å². The van der Waals surface area contributed by atoms with E-state index < -0.39 is 5.97 Å². The summed E-state index contributed by atoms with van der Waals surface area (Å²) in [6.45, 7) is 5.78. The molecule has 0 aliphatic carbocycles. The van der Waals surface area contributed by atoms with Gasteiger partial charge in [-0.15, -0.1) is 0 Å². The second kappa shape index (κ2) is 24.6. The molecule has 0 aromatic heterocycles. The van der Waals surface area contributed by atoms with Gasteiger partial charge in [0, 0.05) is 12.8 Å². The Balaban J connectivity index is 3.11. The average Bonchev–Trinajstić information content (AvgIpc) is 2.77. The minimum Gasteiger partial charge on any atom is -0.481 e. The van der Waals surface area contributed by atoms with Gasteiger partial charge in [-0.25, -0.2) is 0 Å². The van der Waals surface area contributed by atoms with Gasteiger partial charge in [-0.1, -0.05) is 135 Å². The minimum absolute atomic E-state index is 0.0523. The van der Waals surface area contributed by atoms with Crippen molar-refractivity contribution in [1.29, 1.82) is 0 Å². The van der Waals surface area contributed by atoms with E-state index in [-0.39, 0.29) is 11.6 Å². The summed E-state index contributed by atoms with van der Waals surface area (Å²) in [5.74, 6) is -0.711. The van der Waals surface area contributed by atoms with Crippen molar-refractivity contribution < 1.29 is 19.4 Å². The van der Waals surface area contributed by atoms with Crippen molar-refractivity contribution in [2.45, 2.75) is 187 Å². The molecule has 0 heterocycles. The van der Waals surface area contributed by atoms with Crippen LogP contribution in [0.3, 0.4) is 0 Å². The van der Waals surface area contributed by atoms with Crippen molar-refractivity contribution in [2.24, 2.45) is 0 Å². The Hall–Kier alpha value is -1.06. The number of rotatable bonds is 26. The Morgan fingerprint density at radius 3 is 0.914 bits per heavy atom. The van der Waals surface area contributed by atoms with E-state index in [1.54, 1.807) is 0 Å². The predicted molar refractivity (Wildman–Crippen MR) is 149 cm³/mol. The molecule has 0 radical (unpaired) electrons. The normalized spacial score (nSPS) is 11.6. The topological polar surface area (TPSA) is 63.6 Å². The molecular formula is C31H60O4. The Morgan fingerprint density at radius 1 is 0.457 bits per heavy atom. The van der Waals surface area contributed by atoms with Crippen molar-refractivity contribution in [3.8, 4) is 0 Å².